The van der Waals surface area contributed by atoms with E-state index in [0.29, 0.717) is 6.42 Å². The molecular formula is C14H16FNO2. The monoisotopic (exact) mass is 249 g/mol. The Kier molecular flexibility index (Phi) is 2.94. The molecule has 1 amide bonds. The SMILES string of the molecule is O=C1NCCCC1CC1Cc2cc(F)ccc2O1. The van der Waals surface area contributed by atoms with Crippen molar-refractivity contribution in [2.45, 2.75) is 31.8 Å². The largest absolute Gasteiger partial charge is 0.490 e. The smallest absolute Gasteiger partial charge is 0.223 e. The van der Waals surface area contributed by atoms with Crippen molar-refractivity contribution in [2.24, 2.45) is 5.92 Å². The van der Waals surface area contributed by atoms with E-state index < -0.39 is 0 Å². The minimum Gasteiger partial charge on any atom is -0.490 e. The zero-order chi connectivity index (χ0) is 12.5. The van der Waals surface area contributed by atoms with Crippen LogP contribution in [0.4, 0.5) is 4.39 Å². The standard InChI is InChI=1S/C14H16FNO2/c15-11-3-4-13-10(6-11)8-12(18-13)7-9-2-1-5-16-14(9)17/h3-4,6,9,12H,1-2,5,7-8H2,(H,16,17). The first-order valence-electron chi connectivity index (χ1n) is 6.45. The molecule has 0 radical (unpaired) electrons. The van der Waals surface area contributed by atoms with Crippen molar-refractivity contribution in [1.29, 1.82) is 0 Å². The van der Waals surface area contributed by atoms with Crippen LogP contribution < -0.4 is 10.1 Å². The van der Waals surface area contributed by atoms with Crippen molar-refractivity contribution in [1.82, 2.24) is 5.32 Å². The summed E-state index contributed by atoms with van der Waals surface area (Å²) in [6.07, 6.45) is 3.40. The van der Waals surface area contributed by atoms with Crippen molar-refractivity contribution >= 4 is 5.91 Å². The molecule has 2 aliphatic heterocycles. The predicted molar refractivity (Wildman–Crippen MR) is 64.9 cm³/mol. The van der Waals surface area contributed by atoms with Crippen molar-refractivity contribution in [3.05, 3.63) is 29.6 Å². The molecule has 0 bridgehead atoms. The highest BCUT2D eigenvalue weighted by atomic mass is 19.1. The molecule has 2 atom stereocenters. The lowest BCUT2D eigenvalue weighted by atomic mass is 9.91. The highest BCUT2D eigenvalue weighted by Gasteiger charge is 2.30. The maximum absolute atomic E-state index is 13.1. The van der Waals surface area contributed by atoms with Crippen LogP contribution in [0.15, 0.2) is 18.2 Å². The van der Waals surface area contributed by atoms with E-state index in [1.165, 1.54) is 12.1 Å². The fourth-order valence-electron chi connectivity index (χ4n) is 2.80. The fourth-order valence-corrected chi connectivity index (χ4v) is 2.80. The number of carbonyl (C=O) groups is 1. The molecule has 1 aromatic carbocycles. The van der Waals surface area contributed by atoms with Gasteiger partial charge in [-0.05, 0) is 37.5 Å². The molecule has 1 N–H and O–H groups in total. The maximum atomic E-state index is 13.1. The van der Waals surface area contributed by atoms with Gasteiger partial charge in [0, 0.05) is 24.4 Å². The Morgan fingerprint density at radius 2 is 2.33 bits per heavy atom. The third-order valence-corrected chi connectivity index (χ3v) is 3.71. The molecule has 1 saturated heterocycles. The number of rotatable bonds is 2. The number of benzene rings is 1. The summed E-state index contributed by atoms with van der Waals surface area (Å²) in [4.78, 5) is 11.7. The summed E-state index contributed by atoms with van der Waals surface area (Å²) in [7, 11) is 0. The quantitative estimate of drug-likeness (QED) is 0.871. The van der Waals surface area contributed by atoms with Gasteiger partial charge in [0.25, 0.3) is 0 Å². The summed E-state index contributed by atoms with van der Waals surface area (Å²) < 4.78 is 18.9. The molecular weight excluding hydrogens is 233 g/mol. The second-order valence-electron chi connectivity index (χ2n) is 5.06. The first kappa shape index (κ1) is 11.5. The van der Waals surface area contributed by atoms with Gasteiger partial charge in [0.05, 0.1) is 0 Å². The molecule has 0 spiro atoms. The van der Waals surface area contributed by atoms with Gasteiger partial charge in [-0.3, -0.25) is 4.79 Å². The molecule has 0 aliphatic carbocycles. The van der Waals surface area contributed by atoms with E-state index in [1.807, 2.05) is 0 Å². The summed E-state index contributed by atoms with van der Waals surface area (Å²) in [5.74, 6) is 0.709. The molecule has 2 heterocycles. The lowest BCUT2D eigenvalue weighted by Gasteiger charge is -2.24. The molecule has 0 saturated carbocycles. The number of ether oxygens (including phenoxy) is 1. The Morgan fingerprint density at radius 3 is 3.17 bits per heavy atom. The van der Waals surface area contributed by atoms with Gasteiger partial charge in [-0.25, -0.2) is 4.39 Å². The summed E-state index contributed by atoms with van der Waals surface area (Å²) in [6.45, 7) is 0.784. The number of amides is 1. The number of fused-ring (bicyclic) bond motifs is 1. The van der Waals surface area contributed by atoms with Crippen molar-refractivity contribution in [2.75, 3.05) is 6.54 Å². The predicted octanol–water partition coefficient (Wildman–Crippen LogP) is 2.05. The second-order valence-corrected chi connectivity index (χ2v) is 5.06. The molecule has 4 heteroatoms. The molecule has 2 aliphatic rings. The van der Waals surface area contributed by atoms with E-state index in [-0.39, 0.29) is 23.7 Å². The van der Waals surface area contributed by atoms with Crippen LogP contribution in [-0.4, -0.2) is 18.6 Å². The van der Waals surface area contributed by atoms with Crippen LogP contribution in [0.25, 0.3) is 0 Å². The highest BCUT2D eigenvalue weighted by molar-refractivity contribution is 5.79. The summed E-state index contributed by atoms with van der Waals surface area (Å²) in [5.41, 5.74) is 0.913. The minimum atomic E-state index is -0.228. The van der Waals surface area contributed by atoms with Gasteiger partial charge in [0.15, 0.2) is 0 Å². The van der Waals surface area contributed by atoms with E-state index in [9.17, 15) is 9.18 Å². The number of hydrogen-bond acceptors (Lipinski definition) is 2. The van der Waals surface area contributed by atoms with Gasteiger partial charge in [-0.15, -0.1) is 0 Å². The van der Waals surface area contributed by atoms with E-state index in [4.69, 9.17) is 4.74 Å². The topological polar surface area (TPSA) is 38.3 Å². The van der Waals surface area contributed by atoms with Gasteiger partial charge in [0.2, 0.25) is 5.91 Å². The Morgan fingerprint density at radius 1 is 1.44 bits per heavy atom. The summed E-state index contributed by atoms with van der Waals surface area (Å²) in [5, 5.41) is 2.88. The Labute approximate surface area is 105 Å². The first-order chi connectivity index (χ1) is 8.72. The number of carbonyl (C=O) groups excluding carboxylic acids is 1. The molecule has 1 aromatic rings. The van der Waals surface area contributed by atoms with Gasteiger partial charge < -0.3 is 10.1 Å². The molecule has 96 valence electrons. The van der Waals surface area contributed by atoms with Crippen LogP contribution >= 0.6 is 0 Å². The van der Waals surface area contributed by atoms with Gasteiger partial charge in [-0.2, -0.15) is 0 Å². The Bertz CT molecular complexity index is 475. The van der Waals surface area contributed by atoms with Crippen LogP contribution in [0.3, 0.4) is 0 Å². The maximum Gasteiger partial charge on any atom is 0.223 e. The van der Waals surface area contributed by atoms with E-state index >= 15 is 0 Å². The molecule has 0 aromatic heterocycles. The van der Waals surface area contributed by atoms with E-state index in [2.05, 4.69) is 5.32 Å². The number of hydrogen-bond donors (Lipinski definition) is 1. The first-order valence-corrected chi connectivity index (χ1v) is 6.45. The number of nitrogens with one attached hydrogen (secondary N) is 1. The lowest BCUT2D eigenvalue weighted by molar-refractivity contribution is -0.127. The van der Waals surface area contributed by atoms with Crippen LogP contribution in [0, 0.1) is 11.7 Å². The summed E-state index contributed by atoms with van der Waals surface area (Å²) >= 11 is 0. The normalized spacial score (nSPS) is 26.4. The highest BCUT2D eigenvalue weighted by Crippen LogP contribution is 2.32. The van der Waals surface area contributed by atoms with E-state index in [0.717, 1.165) is 37.1 Å². The molecule has 3 nitrogen and oxygen atoms in total. The number of halogens is 1. The summed E-state index contributed by atoms with van der Waals surface area (Å²) in [6, 6.07) is 4.61. The Balaban J connectivity index is 1.65. The minimum absolute atomic E-state index is 0.00986. The van der Waals surface area contributed by atoms with Crippen molar-refractivity contribution < 1.29 is 13.9 Å². The van der Waals surface area contributed by atoms with Crippen LogP contribution in [0.2, 0.25) is 0 Å². The van der Waals surface area contributed by atoms with Gasteiger partial charge in [0.1, 0.15) is 17.7 Å². The fraction of sp³-hybridized carbons (Fsp3) is 0.500. The molecule has 1 fully saturated rings. The molecule has 2 unspecified atom stereocenters. The van der Waals surface area contributed by atoms with Crippen molar-refractivity contribution in [3.63, 3.8) is 0 Å². The molecule has 18 heavy (non-hydrogen) atoms. The third kappa shape index (κ3) is 2.19. The third-order valence-electron chi connectivity index (χ3n) is 3.71. The lowest BCUT2D eigenvalue weighted by Crippen LogP contribution is -2.38. The second kappa shape index (κ2) is 4.59. The van der Waals surface area contributed by atoms with Crippen LogP contribution in [0.1, 0.15) is 24.8 Å². The number of piperidine rings is 1. The zero-order valence-electron chi connectivity index (χ0n) is 10.1. The zero-order valence-corrected chi connectivity index (χ0v) is 10.1. The van der Waals surface area contributed by atoms with Gasteiger partial charge >= 0.3 is 0 Å². The van der Waals surface area contributed by atoms with Crippen LogP contribution in [0.5, 0.6) is 5.75 Å². The van der Waals surface area contributed by atoms with E-state index in [1.54, 1.807) is 6.07 Å². The van der Waals surface area contributed by atoms with Crippen LogP contribution in [-0.2, 0) is 11.2 Å². The van der Waals surface area contributed by atoms with Gasteiger partial charge in [-0.1, -0.05) is 0 Å². The van der Waals surface area contributed by atoms with Crippen molar-refractivity contribution in [3.8, 4) is 5.75 Å². The average Bonchev–Trinajstić information content (AvgIpc) is 2.73. The average molecular weight is 249 g/mol. The Hall–Kier alpha value is -1.58. The molecule has 3 rings (SSSR count).